The highest BCUT2D eigenvalue weighted by Gasteiger charge is 2.32. The van der Waals surface area contributed by atoms with Gasteiger partial charge in [-0.1, -0.05) is 75.6 Å². The van der Waals surface area contributed by atoms with Crippen LogP contribution >= 0.6 is 0 Å². The van der Waals surface area contributed by atoms with Crippen molar-refractivity contribution in [3.63, 3.8) is 0 Å². The molecule has 5 heteroatoms. The Balaban J connectivity index is 1.87. The van der Waals surface area contributed by atoms with Gasteiger partial charge in [-0.3, -0.25) is 0 Å². The second-order valence-corrected chi connectivity index (χ2v) is 11.2. The zero-order valence-corrected chi connectivity index (χ0v) is 23.8. The average molecular weight is 523 g/mol. The first kappa shape index (κ1) is 29.9. The summed E-state index contributed by atoms with van der Waals surface area (Å²) < 4.78 is 5.88. The number of carboxylic acids is 1. The molecule has 0 radical (unpaired) electrons. The third-order valence-electron chi connectivity index (χ3n) is 8.44. The third kappa shape index (κ3) is 7.06. The number of benzene rings is 2. The molecule has 208 valence electrons. The van der Waals surface area contributed by atoms with E-state index >= 15 is 0 Å². The Morgan fingerprint density at radius 3 is 2.13 bits per heavy atom. The lowest BCUT2D eigenvalue weighted by atomic mass is 9.70. The van der Waals surface area contributed by atoms with Crippen LogP contribution in [0.3, 0.4) is 0 Å². The fourth-order valence-corrected chi connectivity index (χ4v) is 5.83. The molecule has 3 N–H and O–H groups in total. The highest BCUT2D eigenvalue weighted by Crippen LogP contribution is 2.41. The number of hydrogen-bond acceptors (Lipinski definition) is 4. The Morgan fingerprint density at radius 1 is 1.00 bits per heavy atom. The van der Waals surface area contributed by atoms with Crippen LogP contribution in [0.2, 0.25) is 0 Å². The zero-order chi connectivity index (χ0) is 27.9. The number of aryl methyl sites for hydroxylation is 2. The predicted octanol–water partition coefficient (Wildman–Crippen LogP) is 7.11. The van der Waals surface area contributed by atoms with Gasteiger partial charge < -0.3 is 20.1 Å². The van der Waals surface area contributed by atoms with Gasteiger partial charge in [0.15, 0.2) is 6.10 Å². The molecule has 2 unspecified atom stereocenters. The smallest absolute Gasteiger partial charge is 0.344 e. The van der Waals surface area contributed by atoms with Crippen LogP contribution in [0.4, 0.5) is 0 Å². The van der Waals surface area contributed by atoms with Crippen LogP contribution in [0.25, 0.3) is 6.08 Å². The average Bonchev–Trinajstić information content (AvgIpc) is 2.88. The molecule has 0 spiro atoms. The lowest BCUT2D eigenvalue weighted by molar-refractivity contribution is -0.145. The largest absolute Gasteiger partial charge is 0.479 e. The molecule has 2 aromatic carbocycles. The predicted molar refractivity (Wildman–Crippen MR) is 154 cm³/mol. The van der Waals surface area contributed by atoms with Crippen molar-refractivity contribution in [3.8, 4) is 5.75 Å². The van der Waals surface area contributed by atoms with Gasteiger partial charge in [0.2, 0.25) is 0 Å². The fourth-order valence-electron chi connectivity index (χ4n) is 5.83. The molecular weight excluding hydrogens is 476 g/mol. The van der Waals surface area contributed by atoms with Crippen molar-refractivity contribution in [1.29, 1.82) is 0 Å². The van der Waals surface area contributed by atoms with Crippen LogP contribution in [0, 0.1) is 13.8 Å². The van der Waals surface area contributed by atoms with Crippen molar-refractivity contribution in [3.05, 3.63) is 70.3 Å². The first-order chi connectivity index (χ1) is 18.0. The van der Waals surface area contributed by atoms with Gasteiger partial charge in [0.1, 0.15) is 5.75 Å². The zero-order valence-electron chi connectivity index (χ0n) is 23.8. The SMILES string of the molecule is CCC(CC)(c1ccc(/C=C/C2(O)CCCCC2)c(C)c1)c1ccc(OC(CCC(C)O)C(=O)O)c(C)c1. The summed E-state index contributed by atoms with van der Waals surface area (Å²) in [6.07, 6.45) is 10.0. The van der Waals surface area contributed by atoms with E-state index < -0.39 is 23.8 Å². The van der Waals surface area contributed by atoms with Crippen LogP contribution in [0.5, 0.6) is 5.75 Å². The van der Waals surface area contributed by atoms with Crippen LogP contribution in [0.1, 0.15) is 106 Å². The van der Waals surface area contributed by atoms with Crippen molar-refractivity contribution < 1.29 is 24.9 Å². The summed E-state index contributed by atoms with van der Waals surface area (Å²) in [5.41, 5.74) is 4.78. The van der Waals surface area contributed by atoms with Crippen molar-refractivity contribution in [2.75, 3.05) is 0 Å². The van der Waals surface area contributed by atoms with Gasteiger partial charge in [0, 0.05) is 5.41 Å². The van der Waals surface area contributed by atoms with E-state index in [-0.39, 0.29) is 11.8 Å². The maximum Gasteiger partial charge on any atom is 0.344 e. The fraction of sp³-hybridized carbons (Fsp3) is 0.545. The number of carbonyl (C=O) groups is 1. The van der Waals surface area contributed by atoms with Crippen LogP contribution in [0.15, 0.2) is 42.5 Å². The second-order valence-electron chi connectivity index (χ2n) is 11.2. The number of aliphatic hydroxyl groups excluding tert-OH is 1. The number of carboxylic acid groups (broad SMARTS) is 1. The number of ether oxygens (including phenoxy) is 1. The van der Waals surface area contributed by atoms with Gasteiger partial charge in [0.25, 0.3) is 0 Å². The van der Waals surface area contributed by atoms with E-state index in [2.05, 4.69) is 57.2 Å². The van der Waals surface area contributed by atoms with Gasteiger partial charge >= 0.3 is 5.97 Å². The normalized spacial score (nSPS) is 17.3. The Morgan fingerprint density at radius 2 is 1.61 bits per heavy atom. The van der Waals surface area contributed by atoms with E-state index in [1.54, 1.807) is 6.92 Å². The molecule has 0 heterocycles. The summed E-state index contributed by atoms with van der Waals surface area (Å²) in [5, 5.41) is 30.0. The minimum Gasteiger partial charge on any atom is -0.479 e. The van der Waals surface area contributed by atoms with Gasteiger partial charge in [-0.05, 0) is 93.2 Å². The quantitative estimate of drug-likeness (QED) is 0.276. The van der Waals surface area contributed by atoms with Crippen molar-refractivity contribution in [2.45, 2.75) is 116 Å². The summed E-state index contributed by atoms with van der Waals surface area (Å²) >= 11 is 0. The number of aliphatic hydroxyl groups is 2. The summed E-state index contributed by atoms with van der Waals surface area (Å²) in [7, 11) is 0. The molecule has 2 aromatic rings. The highest BCUT2D eigenvalue weighted by molar-refractivity contribution is 5.72. The molecule has 0 amide bonds. The molecule has 38 heavy (non-hydrogen) atoms. The van der Waals surface area contributed by atoms with Crippen LogP contribution in [-0.2, 0) is 10.2 Å². The first-order valence-electron chi connectivity index (χ1n) is 14.2. The Hall–Kier alpha value is -2.63. The summed E-state index contributed by atoms with van der Waals surface area (Å²) in [6, 6.07) is 12.7. The first-order valence-corrected chi connectivity index (χ1v) is 14.2. The summed E-state index contributed by atoms with van der Waals surface area (Å²) in [4.78, 5) is 11.7. The van der Waals surface area contributed by atoms with Crippen molar-refractivity contribution in [2.24, 2.45) is 0 Å². The van der Waals surface area contributed by atoms with Gasteiger partial charge in [-0.15, -0.1) is 0 Å². The second kappa shape index (κ2) is 12.9. The van der Waals surface area contributed by atoms with E-state index in [0.29, 0.717) is 12.2 Å². The molecule has 5 nitrogen and oxygen atoms in total. The molecule has 1 aliphatic carbocycles. The number of aliphatic carboxylic acids is 1. The number of rotatable bonds is 12. The van der Waals surface area contributed by atoms with E-state index in [1.807, 2.05) is 19.1 Å². The van der Waals surface area contributed by atoms with Crippen molar-refractivity contribution >= 4 is 12.0 Å². The van der Waals surface area contributed by atoms with Gasteiger partial charge in [-0.25, -0.2) is 4.79 Å². The third-order valence-corrected chi connectivity index (χ3v) is 8.44. The van der Waals surface area contributed by atoms with E-state index in [4.69, 9.17) is 4.74 Å². The summed E-state index contributed by atoms with van der Waals surface area (Å²) in [5.74, 6) is -0.462. The molecule has 2 atom stereocenters. The number of hydrogen-bond donors (Lipinski definition) is 3. The van der Waals surface area contributed by atoms with Crippen LogP contribution in [-0.4, -0.2) is 39.1 Å². The van der Waals surface area contributed by atoms with Gasteiger partial charge in [0.05, 0.1) is 11.7 Å². The minimum absolute atomic E-state index is 0.184. The van der Waals surface area contributed by atoms with Crippen LogP contribution < -0.4 is 4.74 Å². The molecule has 1 aliphatic rings. The Bertz CT molecular complexity index is 1110. The Kier molecular flexibility index (Phi) is 10.2. The topological polar surface area (TPSA) is 87.0 Å². The lowest BCUT2D eigenvalue weighted by Crippen LogP contribution is -2.29. The molecule has 0 saturated heterocycles. The molecule has 0 aliphatic heterocycles. The minimum atomic E-state index is -1.02. The molecular formula is C33H46O5. The lowest BCUT2D eigenvalue weighted by Gasteiger charge is -2.34. The molecule has 0 aromatic heterocycles. The molecule has 0 bridgehead atoms. The Labute approximate surface area is 228 Å². The molecule has 3 rings (SSSR count). The standard InChI is InChI=1S/C33H46O5/c1-6-33(7-2,27-13-12-26(23(3)21-27)17-20-32(37)18-9-8-10-19-32)28-14-16-29(24(4)22-28)38-30(31(35)36)15-11-25(5)34/h12-14,16-17,20-22,25,30,34,37H,6-11,15,18-19H2,1-5H3,(H,35,36)/b20-17+. The van der Waals surface area contributed by atoms with E-state index in [9.17, 15) is 20.1 Å². The molecule has 1 saturated carbocycles. The highest BCUT2D eigenvalue weighted by atomic mass is 16.5. The molecule has 1 fully saturated rings. The maximum absolute atomic E-state index is 11.7. The maximum atomic E-state index is 11.7. The van der Waals surface area contributed by atoms with E-state index in [0.717, 1.165) is 49.7 Å². The monoisotopic (exact) mass is 522 g/mol. The van der Waals surface area contributed by atoms with Crippen molar-refractivity contribution in [1.82, 2.24) is 0 Å². The summed E-state index contributed by atoms with van der Waals surface area (Å²) in [6.45, 7) is 10.2. The van der Waals surface area contributed by atoms with Gasteiger partial charge in [-0.2, -0.15) is 0 Å². The van der Waals surface area contributed by atoms with E-state index in [1.165, 1.54) is 23.1 Å².